The van der Waals surface area contributed by atoms with Gasteiger partial charge in [-0.05, 0) is 42.5 Å². The van der Waals surface area contributed by atoms with Crippen molar-refractivity contribution in [3.05, 3.63) is 70.8 Å². The van der Waals surface area contributed by atoms with Crippen molar-refractivity contribution in [2.24, 2.45) is 0 Å². The van der Waals surface area contributed by atoms with E-state index in [0.717, 1.165) is 11.3 Å². The van der Waals surface area contributed by atoms with Crippen LogP contribution in [0.15, 0.2) is 48.5 Å². The smallest absolute Gasteiger partial charge is 0.338 e. The van der Waals surface area contributed by atoms with Crippen LogP contribution in [0.1, 0.15) is 43.1 Å². The molecule has 0 unspecified atom stereocenters. The minimum atomic E-state index is -0.400. The molecule has 3 rings (SSSR count). The molecule has 2 aromatic carbocycles. The summed E-state index contributed by atoms with van der Waals surface area (Å²) in [5, 5.41) is 0. The molecule has 0 bridgehead atoms. The summed E-state index contributed by atoms with van der Waals surface area (Å²) in [6.45, 7) is 0.380. The highest BCUT2D eigenvalue weighted by Gasteiger charge is 2.34. The van der Waals surface area contributed by atoms with Crippen molar-refractivity contribution < 1.29 is 19.1 Å². The van der Waals surface area contributed by atoms with Gasteiger partial charge in [-0.15, -0.1) is 0 Å². The van der Waals surface area contributed by atoms with Gasteiger partial charge in [0.1, 0.15) is 0 Å². The molecular weight excluding hydrogens is 350 g/mol. The van der Waals surface area contributed by atoms with Crippen LogP contribution in [-0.4, -0.2) is 42.1 Å². The first-order valence-electron chi connectivity index (χ1n) is 8.32. The lowest BCUT2D eigenvalue weighted by atomic mass is 10.1. The molecule has 0 fully saturated rings. The van der Waals surface area contributed by atoms with Gasteiger partial charge >= 0.3 is 5.97 Å². The lowest BCUT2D eigenvalue weighted by Gasteiger charge is -2.13. The second kappa shape index (κ2) is 8.19. The van der Waals surface area contributed by atoms with E-state index in [1.807, 2.05) is 18.4 Å². The number of carbonyl (C=O) groups is 3. The molecule has 0 atom stereocenters. The van der Waals surface area contributed by atoms with E-state index in [9.17, 15) is 14.4 Å². The van der Waals surface area contributed by atoms with Crippen LogP contribution >= 0.6 is 11.8 Å². The third-order valence-electron chi connectivity index (χ3n) is 4.14. The predicted octanol–water partition coefficient (Wildman–Crippen LogP) is 3.39. The molecule has 0 aromatic heterocycles. The number of rotatable bonds is 7. The van der Waals surface area contributed by atoms with Crippen LogP contribution in [-0.2, 0) is 10.5 Å². The molecule has 2 amide bonds. The van der Waals surface area contributed by atoms with Gasteiger partial charge in [-0.3, -0.25) is 14.5 Å². The lowest BCUT2D eigenvalue weighted by molar-refractivity contribution is 0.0482. The van der Waals surface area contributed by atoms with Crippen LogP contribution in [0.2, 0.25) is 0 Å². The highest BCUT2D eigenvalue weighted by atomic mass is 32.2. The molecule has 2 aromatic rings. The minimum absolute atomic E-state index is 0.152. The van der Waals surface area contributed by atoms with Crippen molar-refractivity contribution in [1.29, 1.82) is 0 Å². The standard InChI is InChI=1S/C20H19NO4S/c1-26-13-14-7-9-15(10-8-14)20(24)25-12-4-11-21-18(22)16-5-2-3-6-17(16)19(21)23/h2-3,5-10H,4,11-13H2,1H3. The number of amides is 2. The number of hydrogen-bond donors (Lipinski definition) is 0. The quantitative estimate of drug-likeness (QED) is 0.425. The maximum Gasteiger partial charge on any atom is 0.338 e. The van der Waals surface area contributed by atoms with E-state index in [4.69, 9.17) is 4.74 Å². The zero-order valence-electron chi connectivity index (χ0n) is 14.4. The molecule has 1 heterocycles. The maximum absolute atomic E-state index is 12.2. The fourth-order valence-corrected chi connectivity index (χ4v) is 3.34. The van der Waals surface area contributed by atoms with Gasteiger partial charge in [0, 0.05) is 12.3 Å². The Labute approximate surface area is 156 Å². The Balaban J connectivity index is 1.48. The van der Waals surface area contributed by atoms with Crippen LogP contribution in [0, 0.1) is 0 Å². The molecule has 1 aliphatic rings. The average Bonchev–Trinajstić information content (AvgIpc) is 2.91. The van der Waals surface area contributed by atoms with E-state index < -0.39 is 5.97 Å². The molecule has 134 valence electrons. The van der Waals surface area contributed by atoms with Crippen molar-refractivity contribution in [2.75, 3.05) is 19.4 Å². The Kier molecular flexibility index (Phi) is 5.73. The van der Waals surface area contributed by atoms with Gasteiger partial charge in [-0.1, -0.05) is 24.3 Å². The fraction of sp³-hybridized carbons (Fsp3) is 0.250. The van der Waals surface area contributed by atoms with E-state index in [1.165, 1.54) is 4.90 Å². The fourth-order valence-electron chi connectivity index (χ4n) is 2.82. The summed E-state index contributed by atoms with van der Waals surface area (Å²) < 4.78 is 5.24. The van der Waals surface area contributed by atoms with Crippen molar-refractivity contribution >= 4 is 29.5 Å². The largest absolute Gasteiger partial charge is 0.462 e. The lowest BCUT2D eigenvalue weighted by Crippen LogP contribution is -2.31. The number of fused-ring (bicyclic) bond motifs is 1. The Bertz CT molecular complexity index is 797. The first-order valence-corrected chi connectivity index (χ1v) is 9.71. The number of hydrogen-bond acceptors (Lipinski definition) is 5. The molecule has 0 spiro atoms. The third kappa shape index (κ3) is 3.80. The molecule has 0 radical (unpaired) electrons. The van der Waals surface area contributed by atoms with Gasteiger partial charge in [-0.2, -0.15) is 11.8 Å². The van der Waals surface area contributed by atoms with Gasteiger partial charge in [0.2, 0.25) is 0 Å². The van der Waals surface area contributed by atoms with Crippen LogP contribution in [0.4, 0.5) is 0 Å². The predicted molar refractivity (Wildman–Crippen MR) is 100 cm³/mol. The summed E-state index contributed by atoms with van der Waals surface area (Å²) in [7, 11) is 0. The Morgan fingerprint density at radius 3 is 2.19 bits per heavy atom. The van der Waals surface area contributed by atoms with Crippen molar-refractivity contribution in [2.45, 2.75) is 12.2 Å². The van der Waals surface area contributed by atoms with Crippen LogP contribution in [0.3, 0.4) is 0 Å². The summed E-state index contributed by atoms with van der Waals surface area (Å²) in [6, 6.07) is 14.1. The minimum Gasteiger partial charge on any atom is -0.462 e. The van der Waals surface area contributed by atoms with Gasteiger partial charge in [-0.25, -0.2) is 4.79 Å². The molecule has 26 heavy (non-hydrogen) atoms. The van der Waals surface area contributed by atoms with Crippen LogP contribution < -0.4 is 0 Å². The number of imide groups is 1. The van der Waals surface area contributed by atoms with Gasteiger partial charge in [0.15, 0.2) is 0 Å². The molecule has 0 aliphatic carbocycles. The molecule has 0 saturated carbocycles. The van der Waals surface area contributed by atoms with Gasteiger partial charge in [0.05, 0.1) is 23.3 Å². The SMILES string of the molecule is CSCc1ccc(C(=O)OCCCN2C(=O)c3ccccc3C2=O)cc1. The number of ether oxygens (including phenoxy) is 1. The molecule has 5 nitrogen and oxygen atoms in total. The molecule has 0 N–H and O–H groups in total. The third-order valence-corrected chi connectivity index (χ3v) is 4.76. The number of esters is 1. The average molecular weight is 369 g/mol. The molecule has 6 heteroatoms. The molecule has 1 aliphatic heterocycles. The van der Waals surface area contributed by atoms with Gasteiger partial charge in [0.25, 0.3) is 11.8 Å². The number of thioether (sulfide) groups is 1. The van der Waals surface area contributed by atoms with Gasteiger partial charge < -0.3 is 4.74 Å². The zero-order chi connectivity index (χ0) is 18.5. The van der Waals surface area contributed by atoms with Crippen molar-refractivity contribution in [3.63, 3.8) is 0 Å². The van der Waals surface area contributed by atoms with E-state index >= 15 is 0 Å². The van der Waals surface area contributed by atoms with Crippen molar-refractivity contribution in [1.82, 2.24) is 4.90 Å². The summed E-state index contributed by atoms with van der Waals surface area (Å²) in [5.41, 5.74) is 2.51. The highest BCUT2D eigenvalue weighted by molar-refractivity contribution is 7.97. The molecular formula is C20H19NO4S. The van der Waals surface area contributed by atoms with Crippen LogP contribution in [0.25, 0.3) is 0 Å². The Morgan fingerprint density at radius 1 is 1.00 bits per heavy atom. The van der Waals surface area contributed by atoms with Crippen LogP contribution in [0.5, 0.6) is 0 Å². The summed E-state index contributed by atoms with van der Waals surface area (Å²) in [5.74, 6) is -0.0824. The summed E-state index contributed by atoms with van der Waals surface area (Å²) in [6.07, 6.45) is 2.43. The van der Waals surface area contributed by atoms with E-state index in [-0.39, 0.29) is 25.0 Å². The summed E-state index contributed by atoms with van der Waals surface area (Å²) in [4.78, 5) is 37.7. The van der Waals surface area contributed by atoms with Crippen molar-refractivity contribution in [3.8, 4) is 0 Å². The normalized spacial score (nSPS) is 13.0. The number of carbonyl (C=O) groups excluding carboxylic acids is 3. The number of nitrogens with zero attached hydrogens (tertiary/aromatic N) is 1. The topological polar surface area (TPSA) is 63.7 Å². The Hall–Kier alpha value is -2.60. The van der Waals surface area contributed by atoms with E-state index in [2.05, 4.69) is 0 Å². The van der Waals surface area contributed by atoms with E-state index in [0.29, 0.717) is 23.1 Å². The summed E-state index contributed by atoms with van der Waals surface area (Å²) >= 11 is 1.72. The molecule has 0 saturated heterocycles. The Morgan fingerprint density at radius 2 is 1.62 bits per heavy atom. The zero-order valence-corrected chi connectivity index (χ0v) is 15.3. The highest BCUT2D eigenvalue weighted by Crippen LogP contribution is 2.22. The van der Waals surface area contributed by atoms with E-state index in [1.54, 1.807) is 48.2 Å². The first kappa shape index (κ1) is 18.2. The second-order valence-corrected chi connectivity index (χ2v) is 6.79. The maximum atomic E-state index is 12.2. The first-order chi connectivity index (χ1) is 12.6. The second-order valence-electron chi connectivity index (χ2n) is 5.93. The monoisotopic (exact) mass is 369 g/mol. The number of benzene rings is 2.